The normalized spacial score (nSPS) is 11.0. The van der Waals surface area contributed by atoms with Crippen LogP contribution in [0.5, 0.6) is 0 Å². The number of pyridine rings is 1. The number of rotatable bonds is 7. The molecule has 0 bridgehead atoms. The summed E-state index contributed by atoms with van der Waals surface area (Å²) in [6.45, 7) is 2.29. The molecule has 6 heteroatoms. The molecule has 0 saturated carbocycles. The first kappa shape index (κ1) is 17.9. The Morgan fingerprint density at radius 3 is 2.54 bits per heavy atom. The first-order valence-electron chi connectivity index (χ1n) is 8.75. The Labute approximate surface area is 154 Å². The summed E-state index contributed by atoms with van der Waals surface area (Å²) in [7, 11) is 6.31. The molecule has 0 amide bonds. The fraction of sp³-hybridized carbons (Fsp3) is 0.350. The second-order valence-electron chi connectivity index (χ2n) is 6.66. The zero-order valence-electron chi connectivity index (χ0n) is 15.6. The first-order valence-corrected chi connectivity index (χ1v) is 8.75. The van der Waals surface area contributed by atoms with Crippen LogP contribution in [-0.2, 0) is 6.54 Å². The third kappa shape index (κ3) is 3.84. The molecule has 134 valence electrons. The summed E-state index contributed by atoms with van der Waals surface area (Å²) in [5.74, 6) is 0. The van der Waals surface area contributed by atoms with E-state index in [1.165, 1.54) is 5.69 Å². The molecule has 6 nitrogen and oxygen atoms in total. The van der Waals surface area contributed by atoms with Gasteiger partial charge >= 0.3 is 0 Å². The van der Waals surface area contributed by atoms with Gasteiger partial charge in [0.2, 0.25) is 0 Å². The van der Waals surface area contributed by atoms with Gasteiger partial charge in [0.1, 0.15) is 12.2 Å². The van der Waals surface area contributed by atoms with Crippen LogP contribution in [-0.4, -0.2) is 53.9 Å². The van der Waals surface area contributed by atoms with E-state index in [1.807, 2.05) is 12.1 Å². The molecule has 0 aliphatic heterocycles. The average molecular weight is 348 g/mol. The zero-order valence-corrected chi connectivity index (χ0v) is 15.6. The standard InChI is InChI=1S/C20H24N6/c1-24(2)13-5-14-25(3)17-9-7-16(8-10-17)19-18-6-4-12-22-20(18)26(23-19)15-11-21/h4,6-10,12H,5,13-15H2,1-3H3. The maximum atomic E-state index is 9.01. The van der Waals surface area contributed by atoms with E-state index in [9.17, 15) is 0 Å². The largest absolute Gasteiger partial charge is 0.375 e. The molecule has 0 spiro atoms. The van der Waals surface area contributed by atoms with Crippen molar-refractivity contribution < 1.29 is 0 Å². The van der Waals surface area contributed by atoms with Crippen LogP contribution in [0.4, 0.5) is 5.69 Å². The minimum absolute atomic E-state index is 0.195. The SMILES string of the molecule is CN(C)CCCN(C)c1ccc(-c2nn(CC#N)c3ncccc23)cc1. The van der Waals surface area contributed by atoms with Gasteiger partial charge in [0.15, 0.2) is 5.65 Å². The van der Waals surface area contributed by atoms with Gasteiger partial charge in [-0.1, -0.05) is 12.1 Å². The Morgan fingerprint density at radius 2 is 1.85 bits per heavy atom. The van der Waals surface area contributed by atoms with Crippen molar-refractivity contribution in [2.45, 2.75) is 13.0 Å². The molecule has 3 aromatic rings. The number of hydrogen-bond donors (Lipinski definition) is 0. The van der Waals surface area contributed by atoms with E-state index in [2.05, 4.69) is 71.4 Å². The van der Waals surface area contributed by atoms with Gasteiger partial charge in [0.25, 0.3) is 0 Å². The molecule has 1 aromatic carbocycles. The van der Waals surface area contributed by atoms with Crippen LogP contribution >= 0.6 is 0 Å². The maximum absolute atomic E-state index is 9.01. The van der Waals surface area contributed by atoms with Crippen LogP contribution in [0.25, 0.3) is 22.3 Å². The Balaban J connectivity index is 1.83. The molecule has 0 atom stereocenters. The molecule has 2 aromatic heterocycles. The number of nitrogens with zero attached hydrogens (tertiary/aromatic N) is 6. The van der Waals surface area contributed by atoms with E-state index in [0.29, 0.717) is 0 Å². The lowest BCUT2D eigenvalue weighted by molar-refractivity contribution is 0.401. The predicted octanol–water partition coefficient (Wildman–Crippen LogP) is 3.01. The summed E-state index contributed by atoms with van der Waals surface area (Å²) in [6.07, 6.45) is 2.85. The third-order valence-corrected chi connectivity index (χ3v) is 4.41. The molecule has 0 aliphatic rings. The van der Waals surface area contributed by atoms with Crippen molar-refractivity contribution in [1.82, 2.24) is 19.7 Å². The van der Waals surface area contributed by atoms with Crippen LogP contribution in [0.15, 0.2) is 42.6 Å². The van der Waals surface area contributed by atoms with E-state index in [1.54, 1.807) is 10.9 Å². The summed E-state index contributed by atoms with van der Waals surface area (Å²) in [5, 5.41) is 14.6. The zero-order chi connectivity index (χ0) is 18.5. The summed E-state index contributed by atoms with van der Waals surface area (Å²) >= 11 is 0. The molecule has 0 N–H and O–H groups in total. The van der Waals surface area contributed by atoms with E-state index in [-0.39, 0.29) is 6.54 Å². The van der Waals surface area contributed by atoms with Crippen molar-refractivity contribution >= 4 is 16.7 Å². The summed E-state index contributed by atoms with van der Waals surface area (Å²) < 4.78 is 1.66. The highest BCUT2D eigenvalue weighted by atomic mass is 15.3. The molecule has 0 radical (unpaired) electrons. The maximum Gasteiger partial charge on any atom is 0.159 e. The van der Waals surface area contributed by atoms with Crippen molar-refractivity contribution in [2.24, 2.45) is 0 Å². The van der Waals surface area contributed by atoms with Crippen LogP contribution in [0.1, 0.15) is 6.42 Å². The van der Waals surface area contributed by atoms with E-state index in [4.69, 9.17) is 5.26 Å². The van der Waals surface area contributed by atoms with Crippen LogP contribution < -0.4 is 4.90 Å². The minimum atomic E-state index is 0.195. The highest BCUT2D eigenvalue weighted by Crippen LogP contribution is 2.28. The fourth-order valence-corrected chi connectivity index (χ4v) is 3.03. The Morgan fingerprint density at radius 1 is 1.08 bits per heavy atom. The predicted molar refractivity (Wildman–Crippen MR) is 105 cm³/mol. The fourth-order valence-electron chi connectivity index (χ4n) is 3.03. The molecule has 0 saturated heterocycles. The number of hydrogen-bond acceptors (Lipinski definition) is 5. The lowest BCUT2D eigenvalue weighted by atomic mass is 10.1. The molecule has 3 rings (SSSR count). The number of benzene rings is 1. The second kappa shape index (κ2) is 7.98. The highest BCUT2D eigenvalue weighted by molar-refractivity contribution is 5.91. The van der Waals surface area contributed by atoms with Crippen LogP contribution in [0, 0.1) is 11.3 Å². The topological polar surface area (TPSA) is 61.0 Å². The minimum Gasteiger partial charge on any atom is -0.375 e. The smallest absolute Gasteiger partial charge is 0.159 e. The van der Waals surface area contributed by atoms with Crippen LogP contribution in [0.3, 0.4) is 0 Å². The molecule has 0 aliphatic carbocycles. The molecular formula is C20H24N6. The first-order chi connectivity index (χ1) is 12.6. The van der Waals surface area contributed by atoms with Gasteiger partial charge in [-0.25, -0.2) is 9.67 Å². The van der Waals surface area contributed by atoms with E-state index < -0.39 is 0 Å². The third-order valence-electron chi connectivity index (χ3n) is 4.41. The number of nitriles is 1. The average Bonchev–Trinajstić information content (AvgIpc) is 3.01. The summed E-state index contributed by atoms with van der Waals surface area (Å²) in [6, 6.07) is 14.5. The molecule has 26 heavy (non-hydrogen) atoms. The highest BCUT2D eigenvalue weighted by Gasteiger charge is 2.13. The molecule has 0 unspecified atom stereocenters. The molecule has 2 heterocycles. The van der Waals surface area contributed by atoms with Crippen molar-refractivity contribution in [3.05, 3.63) is 42.6 Å². The van der Waals surface area contributed by atoms with Gasteiger partial charge < -0.3 is 9.80 Å². The quantitative estimate of drug-likeness (QED) is 0.657. The monoisotopic (exact) mass is 348 g/mol. The number of anilines is 1. The van der Waals surface area contributed by atoms with Gasteiger partial charge in [-0.3, -0.25) is 0 Å². The van der Waals surface area contributed by atoms with Gasteiger partial charge in [0.05, 0.1) is 6.07 Å². The Kier molecular flexibility index (Phi) is 5.49. The Bertz CT molecular complexity index is 904. The number of fused-ring (bicyclic) bond motifs is 1. The number of aromatic nitrogens is 3. The molecule has 0 fully saturated rings. The van der Waals surface area contributed by atoms with Crippen molar-refractivity contribution in [2.75, 3.05) is 39.1 Å². The lowest BCUT2D eigenvalue weighted by Crippen LogP contribution is -2.23. The van der Waals surface area contributed by atoms with Crippen LogP contribution in [0.2, 0.25) is 0 Å². The Hall–Kier alpha value is -2.91. The van der Waals surface area contributed by atoms with Gasteiger partial charge in [-0.15, -0.1) is 0 Å². The second-order valence-corrected chi connectivity index (χ2v) is 6.66. The molecular weight excluding hydrogens is 324 g/mol. The van der Waals surface area contributed by atoms with Crippen molar-refractivity contribution in [3.63, 3.8) is 0 Å². The van der Waals surface area contributed by atoms with Gasteiger partial charge in [-0.05, 0) is 51.3 Å². The van der Waals surface area contributed by atoms with Gasteiger partial charge in [0, 0.05) is 36.4 Å². The van der Waals surface area contributed by atoms with E-state index >= 15 is 0 Å². The van der Waals surface area contributed by atoms with E-state index in [0.717, 1.165) is 41.8 Å². The van der Waals surface area contributed by atoms with Gasteiger partial charge in [-0.2, -0.15) is 10.4 Å². The van der Waals surface area contributed by atoms with Crippen molar-refractivity contribution in [3.8, 4) is 17.3 Å². The lowest BCUT2D eigenvalue weighted by Gasteiger charge is -2.20. The van der Waals surface area contributed by atoms with Crippen molar-refractivity contribution in [1.29, 1.82) is 5.26 Å². The summed E-state index contributed by atoms with van der Waals surface area (Å²) in [4.78, 5) is 8.84. The summed E-state index contributed by atoms with van der Waals surface area (Å²) in [5.41, 5.74) is 3.83.